The summed E-state index contributed by atoms with van der Waals surface area (Å²) in [5, 5.41) is 2.63. The van der Waals surface area contributed by atoms with Crippen LogP contribution in [-0.2, 0) is 16.2 Å². The molecule has 1 aromatic carbocycles. The number of likely N-dealkylation sites (tertiary alicyclic amines) is 1. The standard InChI is InChI=1S/C23H31F4N3O3S/c24-20-11-18(10-19(12-20)23(25,26)27)22(31)28-13-16-5-8-29(9-6-16)14-21-2-1-7-30(21)34(32,33)15-17-3-4-17/h10-12,16-17,21H,1-9,13-15H2,(H,28,31)/t21-/m0/s1. The van der Waals surface area contributed by atoms with Gasteiger partial charge in [-0.05, 0) is 81.6 Å². The van der Waals surface area contributed by atoms with E-state index in [-0.39, 0.29) is 23.3 Å². The van der Waals surface area contributed by atoms with E-state index in [2.05, 4.69) is 10.2 Å². The molecule has 34 heavy (non-hydrogen) atoms. The molecule has 4 rings (SSSR count). The number of halogens is 4. The van der Waals surface area contributed by atoms with Crippen molar-refractivity contribution in [3.63, 3.8) is 0 Å². The van der Waals surface area contributed by atoms with Crippen LogP contribution < -0.4 is 5.32 Å². The zero-order valence-electron chi connectivity index (χ0n) is 19.0. The van der Waals surface area contributed by atoms with Gasteiger partial charge in [-0.15, -0.1) is 0 Å². The maximum absolute atomic E-state index is 13.6. The summed E-state index contributed by atoms with van der Waals surface area (Å²) in [6, 6.07) is 1.84. The Bertz CT molecular complexity index is 990. The van der Waals surface area contributed by atoms with E-state index in [0.29, 0.717) is 37.7 Å². The monoisotopic (exact) mass is 505 g/mol. The second kappa shape index (κ2) is 10.1. The first kappa shape index (κ1) is 25.4. The molecule has 3 aliphatic rings. The van der Waals surface area contributed by atoms with Crippen LogP contribution in [0.5, 0.6) is 0 Å². The molecule has 2 aliphatic heterocycles. The number of alkyl halides is 3. The molecule has 0 radical (unpaired) electrons. The van der Waals surface area contributed by atoms with Crippen molar-refractivity contribution in [3.05, 3.63) is 35.1 Å². The van der Waals surface area contributed by atoms with Gasteiger partial charge in [0.1, 0.15) is 5.82 Å². The Morgan fingerprint density at radius 1 is 1.00 bits per heavy atom. The molecule has 6 nitrogen and oxygen atoms in total. The van der Waals surface area contributed by atoms with Gasteiger partial charge in [0.05, 0.1) is 11.3 Å². The van der Waals surface area contributed by atoms with Gasteiger partial charge in [-0.25, -0.2) is 12.8 Å². The first-order valence-electron chi connectivity index (χ1n) is 11.9. The summed E-state index contributed by atoms with van der Waals surface area (Å²) in [4.78, 5) is 14.6. The number of benzene rings is 1. The van der Waals surface area contributed by atoms with Crippen LogP contribution in [0.2, 0.25) is 0 Å². The van der Waals surface area contributed by atoms with E-state index in [1.807, 2.05) is 0 Å². The Labute approximate surface area is 197 Å². The molecule has 1 N–H and O–H groups in total. The van der Waals surface area contributed by atoms with Gasteiger partial charge in [-0.3, -0.25) is 4.79 Å². The summed E-state index contributed by atoms with van der Waals surface area (Å²) in [6.07, 6.45) is 0.614. The molecule has 0 aromatic heterocycles. The van der Waals surface area contributed by atoms with Crippen LogP contribution in [-0.4, -0.2) is 68.0 Å². The second-order valence-corrected chi connectivity index (χ2v) is 11.8. The lowest BCUT2D eigenvalue weighted by Gasteiger charge is -2.35. The van der Waals surface area contributed by atoms with E-state index in [1.165, 1.54) is 0 Å². The highest BCUT2D eigenvalue weighted by molar-refractivity contribution is 7.89. The van der Waals surface area contributed by atoms with Crippen LogP contribution in [0.1, 0.15) is 54.4 Å². The highest BCUT2D eigenvalue weighted by atomic mass is 32.2. The van der Waals surface area contributed by atoms with Crippen molar-refractivity contribution in [2.45, 2.75) is 50.7 Å². The van der Waals surface area contributed by atoms with Crippen molar-refractivity contribution >= 4 is 15.9 Å². The van der Waals surface area contributed by atoms with Gasteiger partial charge in [0, 0.05) is 31.2 Å². The smallest absolute Gasteiger partial charge is 0.352 e. The van der Waals surface area contributed by atoms with Gasteiger partial charge >= 0.3 is 6.18 Å². The molecule has 0 bridgehead atoms. The average molecular weight is 506 g/mol. The predicted octanol–water partition coefficient (Wildman–Crippen LogP) is 3.49. The molecule has 1 atom stereocenters. The Kier molecular flexibility index (Phi) is 7.54. The van der Waals surface area contributed by atoms with Gasteiger partial charge in [0.15, 0.2) is 0 Å². The highest BCUT2D eigenvalue weighted by Gasteiger charge is 2.39. The van der Waals surface area contributed by atoms with E-state index < -0.39 is 33.5 Å². The minimum absolute atomic E-state index is 0.0100. The zero-order chi connectivity index (χ0) is 24.5. The van der Waals surface area contributed by atoms with Gasteiger partial charge in [0.2, 0.25) is 10.0 Å². The molecule has 0 unspecified atom stereocenters. The fraction of sp³-hybridized carbons (Fsp3) is 0.696. The van der Waals surface area contributed by atoms with E-state index in [9.17, 15) is 30.8 Å². The maximum atomic E-state index is 13.6. The molecule has 1 amide bonds. The largest absolute Gasteiger partial charge is 0.416 e. The average Bonchev–Trinajstić information content (AvgIpc) is 3.44. The van der Waals surface area contributed by atoms with E-state index in [0.717, 1.165) is 57.7 Å². The van der Waals surface area contributed by atoms with Crippen molar-refractivity contribution < 1.29 is 30.8 Å². The molecular formula is C23H31F4N3O3S. The Morgan fingerprint density at radius 2 is 1.71 bits per heavy atom. The van der Waals surface area contributed by atoms with Crippen molar-refractivity contribution in [1.29, 1.82) is 0 Å². The maximum Gasteiger partial charge on any atom is 0.416 e. The third kappa shape index (κ3) is 6.48. The van der Waals surface area contributed by atoms with Crippen LogP contribution >= 0.6 is 0 Å². The predicted molar refractivity (Wildman–Crippen MR) is 119 cm³/mol. The van der Waals surface area contributed by atoms with Gasteiger partial charge in [-0.2, -0.15) is 17.5 Å². The van der Waals surface area contributed by atoms with Crippen LogP contribution in [0, 0.1) is 17.7 Å². The summed E-state index contributed by atoms with van der Waals surface area (Å²) in [7, 11) is -3.21. The van der Waals surface area contributed by atoms with Gasteiger partial charge in [-0.1, -0.05) is 0 Å². The van der Waals surface area contributed by atoms with Gasteiger partial charge < -0.3 is 10.2 Å². The SMILES string of the molecule is O=C(NCC1CCN(C[C@@H]2CCCN2S(=O)(=O)CC2CC2)CC1)c1cc(F)cc(C(F)(F)F)c1. The lowest BCUT2D eigenvalue weighted by atomic mass is 9.96. The number of amides is 1. The van der Waals surface area contributed by atoms with Crippen LogP contribution in [0.3, 0.4) is 0 Å². The molecule has 1 aromatic rings. The fourth-order valence-electron chi connectivity index (χ4n) is 4.93. The molecule has 11 heteroatoms. The molecule has 0 spiro atoms. The summed E-state index contributed by atoms with van der Waals surface area (Å²) in [5.41, 5.74) is -1.54. The third-order valence-electron chi connectivity index (χ3n) is 7.04. The van der Waals surface area contributed by atoms with Crippen molar-refractivity contribution in [3.8, 4) is 0 Å². The van der Waals surface area contributed by atoms with Crippen LogP contribution in [0.15, 0.2) is 18.2 Å². The van der Waals surface area contributed by atoms with E-state index in [4.69, 9.17) is 0 Å². The molecule has 3 fully saturated rings. The quantitative estimate of drug-likeness (QED) is 0.550. The van der Waals surface area contributed by atoms with E-state index in [1.54, 1.807) is 4.31 Å². The molecule has 2 saturated heterocycles. The molecule has 2 heterocycles. The first-order valence-corrected chi connectivity index (χ1v) is 13.5. The summed E-state index contributed by atoms with van der Waals surface area (Å²) < 4.78 is 79.4. The second-order valence-electron chi connectivity index (χ2n) is 9.81. The number of hydrogen-bond donors (Lipinski definition) is 1. The Morgan fingerprint density at radius 3 is 2.35 bits per heavy atom. The fourth-order valence-corrected chi connectivity index (χ4v) is 7.08. The molecule has 190 valence electrons. The van der Waals surface area contributed by atoms with Crippen molar-refractivity contribution in [2.75, 3.05) is 38.5 Å². The minimum Gasteiger partial charge on any atom is -0.352 e. The van der Waals surface area contributed by atoms with Crippen LogP contribution in [0.25, 0.3) is 0 Å². The number of sulfonamides is 1. The van der Waals surface area contributed by atoms with E-state index >= 15 is 0 Å². The highest BCUT2D eigenvalue weighted by Crippen LogP contribution is 2.33. The number of carbonyl (C=O) groups is 1. The number of nitrogens with one attached hydrogen (secondary N) is 1. The lowest BCUT2D eigenvalue weighted by Crippen LogP contribution is -2.47. The minimum atomic E-state index is -4.73. The number of piperidine rings is 1. The molecule has 1 aliphatic carbocycles. The van der Waals surface area contributed by atoms with Gasteiger partial charge in [0.25, 0.3) is 5.91 Å². The normalized spacial score (nSPS) is 23.4. The van der Waals surface area contributed by atoms with Crippen molar-refractivity contribution in [1.82, 2.24) is 14.5 Å². The summed E-state index contributed by atoms with van der Waals surface area (Å²) in [6.45, 7) is 3.14. The Balaban J connectivity index is 1.24. The topological polar surface area (TPSA) is 69.7 Å². The molecule has 1 saturated carbocycles. The lowest BCUT2D eigenvalue weighted by molar-refractivity contribution is -0.137. The number of hydrogen-bond acceptors (Lipinski definition) is 4. The Hall–Kier alpha value is -1.72. The van der Waals surface area contributed by atoms with Crippen molar-refractivity contribution in [2.24, 2.45) is 11.8 Å². The summed E-state index contributed by atoms with van der Waals surface area (Å²) in [5.74, 6) is -1.08. The van der Waals surface area contributed by atoms with Crippen LogP contribution in [0.4, 0.5) is 17.6 Å². The zero-order valence-corrected chi connectivity index (χ0v) is 19.8. The number of carbonyl (C=O) groups excluding carboxylic acids is 1. The molecular weight excluding hydrogens is 474 g/mol. The first-order chi connectivity index (χ1) is 16.0. The third-order valence-corrected chi connectivity index (χ3v) is 9.13. The number of nitrogens with zero attached hydrogens (tertiary/aromatic N) is 2. The summed E-state index contributed by atoms with van der Waals surface area (Å²) >= 11 is 0. The number of rotatable bonds is 8.